The number of aliphatic hydroxyl groups is 1. The summed E-state index contributed by atoms with van der Waals surface area (Å²) in [6, 6.07) is 15.2. The minimum absolute atomic E-state index is 0.408. The molecule has 0 bridgehead atoms. The maximum atomic E-state index is 10.5. The lowest BCUT2D eigenvalue weighted by molar-refractivity contribution is 0.166. The van der Waals surface area contributed by atoms with E-state index >= 15 is 0 Å². The molecule has 1 unspecified atom stereocenters. The SMILES string of the molecule is OC(CNC(C1CC1)C1CC1)c1ccc2ccccc2c1. The second-order valence-corrected chi connectivity index (χ2v) is 6.73. The summed E-state index contributed by atoms with van der Waals surface area (Å²) in [7, 11) is 0. The minimum atomic E-state index is -0.408. The van der Waals surface area contributed by atoms with Crippen LogP contribution in [0.3, 0.4) is 0 Å². The van der Waals surface area contributed by atoms with Crippen molar-refractivity contribution in [1.82, 2.24) is 5.32 Å². The zero-order valence-electron chi connectivity index (χ0n) is 12.3. The van der Waals surface area contributed by atoms with E-state index < -0.39 is 6.10 Å². The summed E-state index contributed by atoms with van der Waals surface area (Å²) in [5.74, 6) is 1.75. The van der Waals surface area contributed by atoms with E-state index in [1.165, 1.54) is 36.5 Å². The van der Waals surface area contributed by atoms with Gasteiger partial charge in [0.15, 0.2) is 0 Å². The lowest BCUT2D eigenvalue weighted by Crippen LogP contribution is -2.36. The summed E-state index contributed by atoms with van der Waals surface area (Å²) >= 11 is 0. The number of nitrogens with one attached hydrogen (secondary N) is 1. The number of benzene rings is 2. The van der Waals surface area contributed by atoms with Crippen molar-refractivity contribution in [3.8, 4) is 0 Å². The smallest absolute Gasteiger partial charge is 0.0914 e. The van der Waals surface area contributed by atoms with Crippen molar-refractivity contribution in [1.29, 1.82) is 0 Å². The first kappa shape index (κ1) is 13.3. The van der Waals surface area contributed by atoms with Gasteiger partial charge in [-0.05, 0) is 59.9 Å². The van der Waals surface area contributed by atoms with Gasteiger partial charge in [-0.15, -0.1) is 0 Å². The van der Waals surface area contributed by atoms with Crippen LogP contribution in [0, 0.1) is 11.8 Å². The number of aliphatic hydroxyl groups excluding tert-OH is 1. The molecule has 110 valence electrons. The molecule has 0 radical (unpaired) electrons. The molecule has 0 saturated heterocycles. The Morgan fingerprint density at radius 3 is 2.29 bits per heavy atom. The standard InChI is InChI=1S/C19H23NO/c21-18(12-20-19(14-6-7-14)15-8-9-15)17-10-5-13-3-1-2-4-16(13)11-17/h1-5,10-11,14-15,18-21H,6-9,12H2. The number of fused-ring (bicyclic) bond motifs is 1. The Kier molecular flexibility index (Phi) is 3.44. The normalized spacial score (nSPS) is 20.1. The monoisotopic (exact) mass is 281 g/mol. The summed E-state index contributed by atoms with van der Waals surface area (Å²) < 4.78 is 0. The van der Waals surface area contributed by atoms with Crippen LogP contribution in [0.15, 0.2) is 42.5 Å². The van der Waals surface area contributed by atoms with Gasteiger partial charge in [0.2, 0.25) is 0 Å². The minimum Gasteiger partial charge on any atom is -0.387 e. The van der Waals surface area contributed by atoms with Gasteiger partial charge in [-0.2, -0.15) is 0 Å². The van der Waals surface area contributed by atoms with Gasteiger partial charge in [0, 0.05) is 12.6 Å². The molecular weight excluding hydrogens is 258 g/mol. The Morgan fingerprint density at radius 2 is 1.62 bits per heavy atom. The summed E-state index contributed by atoms with van der Waals surface area (Å²) in [6.07, 6.45) is 5.09. The van der Waals surface area contributed by atoms with Crippen LogP contribution in [0.1, 0.15) is 37.4 Å². The maximum absolute atomic E-state index is 10.5. The molecular formula is C19H23NO. The molecule has 2 aliphatic rings. The Morgan fingerprint density at radius 1 is 0.952 bits per heavy atom. The molecule has 2 nitrogen and oxygen atoms in total. The first-order valence-electron chi connectivity index (χ1n) is 8.21. The van der Waals surface area contributed by atoms with Crippen molar-refractivity contribution < 1.29 is 5.11 Å². The van der Waals surface area contributed by atoms with Crippen molar-refractivity contribution in [2.24, 2.45) is 11.8 Å². The molecule has 2 fully saturated rings. The molecule has 2 aliphatic carbocycles. The molecule has 2 saturated carbocycles. The lowest BCUT2D eigenvalue weighted by atomic mass is 10.0. The van der Waals surface area contributed by atoms with Crippen LogP contribution >= 0.6 is 0 Å². The number of hydrogen-bond donors (Lipinski definition) is 2. The van der Waals surface area contributed by atoms with Crippen LogP contribution < -0.4 is 5.32 Å². The van der Waals surface area contributed by atoms with Crippen LogP contribution in [-0.2, 0) is 0 Å². The van der Waals surface area contributed by atoms with Crippen molar-refractivity contribution >= 4 is 10.8 Å². The highest BCUT2D eigenvalue weighted by Crippen LogP contribution is 2.44. The topological polar surface area (TPSA) is 32.3 Å². The first-order chi connectivity index (χ1) is 10.3. The van der Waals surface area contributed by atoms with Gasteiger partial charge in [-0.1, -0.05) is 36.4 Å². The molecule has 0 heterocycles. The van der Waals surface area contributed by atoms with Crippen LogP contribution in [0.5, 0.6) is 0 Å². The highest BCUT2D eigenvalue weighted by Gasteiger charge is 2.41. The summed E-state index contributed by atoms with van der Waals surface area (Å²) in [5, 5.41) is 16.5. The largest absolute Gasteiger partial charge is 0.387 e. The van der Waals surface area contributed by atoms with Gasteiger partial charge in [0.05, 0.1) is 6.10 Å². The van der Waals surface area contributed by atoms with Crippen LogP contribution in [0.4, 0.5) is 0 Å². The molecule has 2 aromatic rings. The van der Waals surface area contributed by atoms with Crippen LogP contribution in [-0.4, -0.2) is 17.7 Å². The van der Waals surface area contributed by atoms with Gasteiger partial charge < -0.3 is 10.4 Å². The third kappa shape index (κ3) is 2.97. The van der Waals surface area contributed by atoms with E-state index in [2.05, 4.69) is 41.7 Å². The van der Waals surface area contributed by atoms with Gasteiger partial charge in [-0.3, -0.25) is 0 Å². The Bertz CT molecular complexity index is 618. The fourth-order valence-electron chi connectivity index (χ4n) is 3.41. The van der Waals surface area contributed by atoms with Gasteiger partial charge in [0.1, 0.15) is 0 Å². The molecule has 0 amide bonds. The van der Waals surface area contributed by atoms with Crippen LogP contribution in [0.2, 0.25) is 0 Å². The molecule has 1 atom stereocenters. The van der Waals surface area contributed by atoms with E-state index in [4.69, 9.17) is 0 Å². The predicted molar refractivity (Wildman–Crippen MR) is 86.1 cm³/mol. The molecule has 0 spiro atoms. The van der Waals surface area contributed by atoms with Gasteiger partial charge >= 0.3 is 0 Å². The van der Waals surface area contributed by atoms with E-state index in [1.54, 1.807) is 0 Å². The van der Waals surface area contributed by atoms with Gasteiger partial charge in [0.25, 0.3) is 0 Å². The average Bonchev–Trinajstić information content (AvgIpc) is 3.39. The Balaban J connectivity index is 1.44. The second-order valence-electron chi connectivity index (χ2n) is 6.73. The van der Waals surface area contributed by atoms with Crippen molar-refractivity contribution in [2.75, 3.05) is 6.54 Å². The first-order valence-corrected chi connectivity index (χ1v) is 8.21. The van der Waals surface area contributed by atoms with Crippen LogP contribution in [0.25, 0.3) is 10.8 Å². The third-order valence-corrected chi connectivity index (χ3v) is 4.96. The summed E-state index contributed by atoms with van der Waals surface area (Å²) in [6.45, 7) is 0.677. The molecule has 21 heavy (non-hydrogen) atoms. The van der Waals surface area contributed by atoms with Gasteiger partial charge in [-0.25, -0.2) is 0 Å². The molecule has 4 rings (SSSR count). The molecule has 0 aromatic heterocycles. The predicted octanol–water partition coefficient (Wildman–Crippen LogP) is 3.65. The fourth-order valence-corrected chi connectivity index (χ4v) is 3.41. The van der Waals surface area contributed by atoms with Crippen molar-refractivity contribution in [2.45, 2.75) is 37.8 Å². The van der Waals surface area contributed by atoms with E-state index in [0.29, 0.717) is 12.6 Å². The quantitative estimate of drug-likeness (QED) is 0.847. The van der Waals surface area contributed by atoms with Crippen molar-refractivity contribution in [3.05, 3.63) is 48.0 Å². The number of rotatable bonds is 6. The zero-order valence-corrected chi connectivity index (χ0v) is 12.3. The Labute approximate surface area is 126 Å². The zero-order chi connectivity index (χ0) is 14.2. The number of hydrogen-bond acceptors (Lipinski definition) is 2. The second kappa shape index (κ2) is 5.43. The fraction of sp³-hybridized carbons (Fsp3) is 0.474. The molecule has 2 aromatic carbocycles. The van der Waals surface area contributed by atoms with E-state index in [0.717, 1.165) is 17.4 Å². The van der Waals surface area contributed by atoms with E-state index in [-0.39, 0.29) is 0 Å². The van der Waals surface area contributed by atoms with Crippen molar-refractivity contribution in [3.63, 3.8) is 0 Å². The maximum Gasteiger partial charge on any atom is 0.0914 e. The Hall–Kier alpha value is -1.38. The lowest BCUT2D eigenvalue weighted by Gasteiger charge is -2.20. The average molecular weight is 281 g/mol. The van der Waals surface area contributed by atoms with E-state index in [1.807, 2.05) is 6.07 Å². The highest BCUT2D eigenvalue weighted by atomic mass is 16.3. The highest BCUT2D eigenvalue weighted by molar-refractivity contribution is 5.83. The third-order valence-electron chi connectivity index (χ3n) is 4.96. The summed E-state index contributed by atoms with van der Waals surface area (Å²) in [4.78, 5) is 0. The molecule has 0 aliphatic heterocycles. The summed E-state index contributed by atoms with van der Waals surface area (Å²) in [5.41, 5.74) is 1.02. The molecule has 2 N–H and O–H groups in total. The molecule has 2 heteroatoms. The van der Waals surface area contributed by atoms with E-state index in [9.17, 15) is 5.11 Å².